The van der Waals surface area contributed by atoms with Gasteiger partial charge in [-0.3, -0.25) is 0 Å². The first-order chi connectivity index (χ1) is 13.2. The van der Waals surface area contributed by atoms with Gasteiger partial charge in [0.15, 0.2) is 11.5 Å². The summed E-state index contributed by atoms with van der Waals surface area (Å²) in [5.74, 6) is 1.71. The highest BCUT2D eigenvalue weighted by atomic mass is 16.5. The lowest BCUT2D eigenvalue weighted by atomic mass is 10.2. The molecule has 3 rings (SSSR count). The van der Waals surface area contributed by atoms with Crippen molar-refractivity contribution in [2.45, 2.75) is 13.3 Å². The molecular weight excluding hydrogens is 346 g/mol. The second-order valence-electron chi connectivity index (χ2n) is 6.52. The van der Waals surface area contributed by atoms with Crippen LogP contribution in [0.1, 0.15) is 13.3 Å². The zero-order valence-corrected chi connectivity index (χ0v) is 16.4. The highest BCUT2D eigenvalue weighted by Crippen LogP contribution is 2.36. The molecule has 0 radical (unpaired) electrons. The Kier molecular flexibility index (Phi) is 6.89. The molecule has 0 saturated carbocycles. The first kappa shape index (κ1) is 19.4. The summed E-state index contributed by atoms with van der Waals surface area (Å²) >= 11 is 0. The van der Waals surface area contributed by atoms with E-state index in [-0.39, 0.29) is 0 Å². The molecule has 0 bridgehead atoms. The second-order valence-corrected chi connectivity index (χ2v) is 6.52. The molecule has 1 N–H and O–H groups in total. The number of ether oxygens (including phenoxy) is 2. The summed E-state index contributed by atoms with van der Waals surface area (Å²) < 4.78 is 16.1. The number of hydrogen-bond donors (Lipinski definition) is 1. The summed E-state index contributed by atoms with van der Waals surface area (Å²) in [5.41, 5.74) is 0.738. The van der Waals surface area contributed by atoms with Crippen LogP contribution < -0.4 is 14.8 Å². The molecule has 0 unspecified atom stereocenters. The number of benzene rings is 1. The van der Waals surface area contributed by atoms with Crippen LogP contribution in [0.5, 0.6) is 11.5 Å². The van der Waals surface area contributed by atoms with Crippen molar-refractivity contribution in [2.75, 3.05) is 65.3 Å². The molecule has 1 aliphatic heterocycles. The van der Waals surface area contributed by atoms with Crippen molar-refractivity contribution in [3.05, 3.63) is 18.2 Å². The number of anilines is 1. The maximum atomic E-state index is 5.44. The molecule has 2 aromatic rings. The topological polar surface area (TPSA) is 75.9 Å². The normalized spacial score (nSPS) is 15.7. The smallest absolute Gasteiger partial charge is 0.321 e. The molecule has 0 aliphatic carbocycles. The highest BCUT2D eigenvalue weighted by molar-refractivity contribution is 5.68. The Labute approximate surface area is 160 Å². The fourth-order valence-corrected chi connectivity index (χ4v) is 3.29. The van der Waals surface area contributed by atoms with Gasteiger partial charge in [0.2, 0.25) is 5.82 Å². The van der Waals surface area contributed by atoms with Gasteiger partial charge in [0.25, 0.3) is 0 Å². The molecule has 8 nitrogen and oxygen atoms in total. The molecule has 2 heterocycles. The van der Waals surface area contributed by atoms with Crippen LogP contribution in [-0.2, 0) is 0 Å². The number of rotatable bonds is 9. The number of methoxy groups -OCH3 is 2. The molecule has 148 valence electrons. The summed E-state index contributed by atoms with van der Waals surface area (Å²) in [4.78, 5) is 9.42. The average Bonchev–Trinajstić information content (AvgIpc) is 3.19. The van der Waals surface area contributed by atoms with Crippen molar-refractivity contribution in [1.82, 2.24) is 19.9 Å². The predicted octanol–water partition coefficient (Wildman–Crippen LogP) is 2.19. The third kappa shape index (κ3) is 4.90. The van der Waals surface area contributed by atoms with Crippen LogP contribution in [-0.4, -0.2) is 80.0 Å². The van der Waals surface area contributed by atoms with E-state index in [0.717, 1.165) is 44.7 Å². The van der Waals surface area contributed by atoms with Gasteiger partial charge in [0, 0.05) is 32.7 Å². The Bertz CT molecular complexity index is 713. The number of hydrogen-bond acceptors (Lipinski definition) is 8. The predicted molar refractivity (Wildman–Crippen MR) is 104 cm³/mol. The van der Waals surface area contributed by atoms with E-state index in [1.54, 1.807) is 14.2 Å². The lowest BCUT2D eigenvalue weighted by molar-refractivity contribution is 0.137. The molecule has 1 aromatic carbocycles. The Morgan fingerprint density at radius 1 is 1.11 bits per heavy atom. The molecule has 0 amide bonds. The third-order valence-corrected chi connectivity index (χ3v) is 4.91. The highest BCUT2D eigenvalue weighted by Gasteiger charge is 2.17. The van der Waals surface area contributed by atoms with Crippen molar-refractivity contribution in [3.63, 3.8) is 0 Å². The number of para-hydroxylation sites is 1. The average molecular weight is 375 g/mol. The number of piperazine rings is 1. The summed E-state index contributed by atoms with van der Waals surface area (Å²) in [5, 5.41) is 7.27. The van der Waals surface area contributed by atoms with Crippen molar-refractivity contribution in [3.8, 4) is 22.9 Å². The van der Waals surface area contributed by atoms with Crippen molar-refractivity contribution in [1.29, 1.82) is 0 Å². The van der Waals surface area contributed by atoms with E-state index in [0.29, 0.717) is 23.3 Å². The zero-order chi connectivity index (χ0) is 19.1. The minimum Gasteiger partial charge on any atom is -0.493 e. The van der Waals surface area contributed by atoms with E-state index in [1.165, 1.54) is 13.1 Å². The van der Waals surface area contributed by atoms with Gasteiger partial charge in [-0.05, 0) is 31.6 Å². The lowest BCUT2D eigenvalue weighted by Crippen LogP contribution is -2.46. The van der Waals surface area contributed by atoms with E-state index < -0.39 is 0 Å². The van der Waals surface area contributed by atoms with E-state index in [1.807, 2.05) is 18.2 Å². The van der Waals surface area contributed by atoms with Crippen molar-refractivity contribution < 1.29 is 14.0 Å². The summed E-state index contributed by atoms with van der Waals surface area (Å²) in [6, 6.07) is 6.01. The maximum Gasteiger partial charge on any atom is 0.321 e. The van der Waals surface area contributed by atoms with E-state index in [9.17, 15) is 0 Å². The van der Waals surface area contributed by atoms with Gasteiger partial charge in [-0.1, -0.05) is 18.1 Å². The first-order valence-electron chi connectivity index (χ1n) is 9.48. The van der Waals surface area contributed by atoms with Crippen LogP contribution in [0.25, 0.3) is 11.4 Å². The molecular formula is C19H29N5O3. The molecule has 1 aromatic heterocycles. The molecule has 1 fully saturated rings. The van der Waals surface area contributed by atoms with Crippen LogP contribution in [0.4, 0.5) is 6.01 Å². The minimum absolute atomic E-state index is 0.422. The van der Waals surface area contributed by atoms with Crippen LogP contribution in [0.3, 0.4) is 0 Å². The largest absolute Gasteiger partial charge is 0.493 e. The van der Waals surface area contributed by atoms with E-state index >= 15 is 0 Å². The Balaban J connectivity index is 1.49. The second kappa shape index (κ2) is 9.57. The number of nitrogens with one attached hydrogen (secondary N) is 1. The van der Waals surface area contributed by atoms with Gasteiger partial charge < -0.3 is 29.1 Å². The molecule has 0 atom stereocenters. The molecule has 1 saturated heterocycles. The van der Waals surface area contributed by atoms with Gasteiger partial charge in [-0.25, -0.2) is 0 Å². The van der Waals surface area contributed by atoms with Gasteiger partial charge in [0.05, 0.1) is 19.8 Å². The quantitative estimate of drug-likeness (QED) is 0.669. The maximum absolute atomic E-state index is 5.44. The van der Waals surface area contributed by atoms with Crippen LogP contribution in [0.15, 0.2) is 22.7 Å². The fraction of sp³-hybridized carbons (Fsp3) is 0.579. The lowest BCUT2D eigenvalue weighted by Gasteiger charge is -2.33. The first-order valence-corrected chi connectivity index (χ1v) is 9.48. The summed E-state index contributed by atoms with van der Waals surface area (Å²) in [7, 11) is 3.20. The van der Waals surface area contributed by atoms with Crippen molar-refractivity contribution in [2.24, 2.45) is 0 Å². The molecule has 1 aliphatic rings. The van der Waals surface area contributed by atoms with Gasteiger partial charge in [-0.2, -0.15) is 4.98 Å². The minimum atomic E-state index is 0.422. The zero-order valence-electron chi connectivity index (χ0n) is 16.4. The monoisotopic (exact) mass is 375 g/mol. The number of aromatic nitrogens is 2. The van der Waals surface area contributed by atoms with Crippen molar-refractivity contribution >= 4 is 6.01 Å². The molecule has 0 spiro atoms. The van der Waals surface area contributed by atoms with E-state index in [2.05, 4.69) is 32.2 Å². The van der Waals surface area contributed by atoms with Crippen LogP contribution in [0, 0.1) is 0 Å². The molecule has 27 heavy (non-hydrogen) atoms. The summed E-state index contributed by atoms with van der Waals surface area (Å²) in [6.45, 7) is 9.87. The van der Waals surface area contributed by atoms with Gasteiger partial charge in [0.1, 0.15) is 0 Å². The summed E-state index contributed by atoms with van der Waals surface area (Å²) in [6.07, 6.45) is 1.03. The third-order valence-electron chi connectivity index (χ3n) is 4.91. The SMILES string of the molecule is CCN1CCN(CCCNc2nc(-c3cccc(OC)c3OC)no2)CC1. The van der Waals surface area contributed by atoms with Crippen LogP contribution >= 0.6 is 0 Å². The Hall–Kier alpha value is -2.32. The molecule has 8 heteroatoms. The standard InChI is InChI=1S/C19H29N5O3/c1-4-23-11-13-24(14-12-23)10-6-9-20-19-21-18(22-27-19)15-7-5-8-16(25-2)17(15)26-3/h5,7-8H,4,6,9-14H2,1-3H3,(H,20,21,22). The fourth-order valence-electron chi connectivity index (χ4n) is 3.29. The van der Waals surface area contributed by atoms with Gasteiger partial charge >= 0.3 is 6.01 Å². The van der Waals surface area contributed by atoms with E-state index in [4.69, 9.17) is 14.0 Å². The van der Waals surface area contributed by atoms with Crippen LogP contribution in [0.2, 0.25) is 0 Å². The van der Waals surface area contributed by atoms with Gasteiger partial charge in [-0.15, -0.1) is 0 Å². The number of likely N-dealkylation sites (N-methyl/N-ethyl adjacent to an activating group) is 1. The Morgan fingerprint density at radius 2 is 1.89 bits per heavy atom. The number of nitrogens with zero attached hydrogens (tertiary/aromatic N) is 4. The Morgan fingerprint density at radius 3 is 2.59 bits per heavy atom.